The molecule has 1 atom stereocenters. The third-order valence-electron chi connectivity index (χ3n) is 2.55. The van der Waals surface area contributed by atoms with E-state index in [9.17, 15) is 4.79 Å². The lowest BCUT2D eigenvalue weighted by atomic mass is 10.1. The second-order valence-electron chi connectivity index (χ2n) is 3.89. The molecule has 2 aromatic rings. The Hall–Kier alpha value is -1.07. The Morgan fingerprint density at radius 1 is 1.28 bits per heavy atom. The molecule has 1 amide bonds. The quantitative estimate of drug-likeness (QED) is 0.872. The minimum absolute atomic E-state index is 0.0562. The van der Waals surface area contributed by atoms with E-state index in [1.165, 1.54) is 6.26 Å². The fourth-order valence-corrected chi connectivity index (χ4v) is 2.15. The number of hydrogen-bond acceptors (Lipinski definition) is 2. The van der Waals surface area contributed by atoms with Crippen LogP contribution in [0.15, 0.2) is 50.2 Å². The monoisotopic (exact) mass is 371 g/mol. The topological polar surface area (TPSA) is 42.2 Å². The molecule has 0 aliphatic heterocycles. The van der Waals surface area contributed by atoms with E-state index in [4.69, 9.17) is 4.42 Å². The molecule has 0 saturated carbocycles. The first-order chi connectivity index (χ1) is 8.56. The van der Waals surface area contributed by atoms with Crippen molar-refractivity contribution in [2.45, 2.75) is 13.0 Å². The Balaban J connectivity index is 2.05. The zero-order valence-electron chi connectivity index (χ0n) is 9.61. The average molecular weight is 373 g/mol. The van der Waals surface area contributed by atoms with Gasteiger partial charge in [-0.15, -0.1) is 0 Å². The minimum atomic E-state index is -0.153. The van der Waals surface area contributed by atoms with Crippen LogP contribution in [0.25, 0.3) is 0 Å². The van der Waals surface area contributed by atoms with Crippen molar-refractivity contribution in [1.29, 1.82) is 0 Å². The van der Waals surface area contributed by atoms with Gasteiger partial charge in [0.2, 0.25) is 0 Å². The fourth-order valence-electron chi connectivity index (χ4n) is 1.54. The van der Waals surface area contributed by atoms with Crippen LogP contribution in [0.1, 0.15) is 28.9 Å². The van der Waals surface area contributed by atoms with Gasteiger partial charge in [0.05, 0.1) is 11.6 Å². The molecule has 0 saturated heterocycles. The van der Waals surface area contributed by atoms with Gasteiger partial charge >= 0.3 is 0 Å². The van der Waals surface area contributed by atoms with Crippen LogP contribution in [-0.4, -0.2) is 5.91 Å². The van der Waals surface area contributed by atoms with Crippen molar-refractivity contribution < 1.29 is 9.21 Å². The molecule has 1 heterocycles. The van der Waals surface area contributed by atoms with E-state index < -0.39 is 0 Å². The van der Waals surface area contributed by atoms with Crippen LogP contribution >= 0.6 is 31.9 Å². The molecule has 5 heteroatoms. The van der Waals surface area contributed by atoms with Gasteiger partial charge in [-0.2, -0.15) is 0 Å². The van der Waals surface area contributed by atoms with Crippen molar-refractivity contribution in [3.8, 4) is 0 Å². The van der Waals surface area contributed by atoms with E-state index in [1.54, 1.807) is 6.07 Å². The molecule has 0 fully saturated rings. The van der Waals surface area contributed by atoms with Crippen LogP contribution < -0.4 is 5.32 Å². The number of carbonyl (C=O) groups is 1. The van der Waals surface area contributed by atoms with Crippen LogP contribution in [0, 0.1) is 0 Å². The van der Waals surface area contributed by atoms with E-state index in [-0.39, 0.29) is 11.9 Å². The highest BCUT2D eigenvalue weighted by molar-refractivity contribution is 9.10. The van der Waals surface area contributed by atoms with Crippen LogP contribution in [0.5, 0.6) is 0 Å². The van der Waals surface area contributed by atoms with E-state index >= 15 is 0 Å². The molecule has 3 nitrogen and oxygen atoms in total. The van der Waals surface area contributed by atoms with Gasteiger partial charge in [0, 0.05) is 10.5 Å². The Kier molecular flexibility index (Phi) is 4.24. The number of benzene rings is 1. The molecular weight excluding hydrogens is 362 g/mol. The lowest BCUT2D eigenvalue weighted by Gasteiger charge is -2.13. The first-order valence-corrected chi connectivity index (χ1v) is 6.95. The minimum Gasteiger partial charge on any atom is -0.457 e. The Morgan fingerprint density at radius 3 is 2.50 bits per heavy atom. The van der Waals surface area contributed by atoms with Crippen molar-refractivity contribution in [3.05, 3.63) is 56.9 Å². The molecule has 0 bridgehead atoms. The molecule has 0 aliphatic carbocycles. The fraction of sp³-hybridized carbons (Fsp3) is 0.154. The van der Waals surface area contributed by atoms with Crippen LogP contribution in [0.2, 0.25) is 0 Å². The molecular formula is C13H11Br2NO2. The van der Waals surface area contributed by atoms with Gasteiger partial charge in [0.1, 0.15) is 6.26 Å². The average Bonchev–Trinajstić information content (AvgIpc) is 2.76. The summed E-state index contributed by atoms with van der Waals surface area (Å²) in [5.74, 6) is -0.153. The number of hydrogen-bond donors (Lipinski definition) is 1. The molecule has 1 aromatic carbocycles. The van der Waals surface area contributed by atoms with Crippen molar-refractivity contribution >= 4 is 37.8 Å². The summed E-state index contributed by atoms with van der Waals surface area (Å²) in [5, 5.41) is 2.91. The Bertz CT molecular complexity index is 548. The molecule has 0 aliphatic rings. The molecule has 2 rings (SSSR count). The summed E-state index contributed by atoms with van der Waals surface area (Å²) < 4.78 is 6.60. The Morgan fingerprint density at radius 2 is 1.94 bits per heavy atom. The van der Waals surface area contributed by atoms with Crippen LogP contribution in [0.4, 0.5) is 0 Å². The standard InChI is InChI=1S/C13H11Br2NO2/c1-8(9-2-4-11(14)5-3-9)16-13(17)10-6-12(15)18-7-10/h2-8H,1H3,(H,16,17). The molecule has 1 N–H and O–H groups in total. The Labute approximate surface area is 122 Å². The van der Waals surface area contributed by atoms with Crippen molar-refractivity contribution in [3.63, 3.8) is 0 Å². The molecule has 1 unspecified atom stereocenters. The zero-order valence-corrected chi connectivity index (χ0v) is 12.8. The summed E-state index contributed by atoms with van der Waals surface area (Å²) in [7, 11) is 0. The maximum absolute atomic E-state index is 11.9. The SMILES string of the molecule is CC(NC(=O)c1coc(Br)c1)c1ccc(Br)cc1. The van der Waals surface area contributed by atoms with Crippen molar-refractivity contribution in [1.82, 2.24) is 5.32 Å². The van der Waals surface area contributed by atoms with Crippen LogP contribution in [-0.2, 0) is 0 Å². The second-order valence-corrected chi connectivity index (χ2v) is 5.58. The molecule has 0 radical (unpaired) electrons. The summed E-state index contributed by atoms with van der Waals surface area (Å²) in [4.78, 5) is 11.9. The predicted octanol–water partition coefficient (Wildman–Crippen LogP) is 4.30. The first kappa shape index (κ1) is 13.4. The van der Waals surface area contributed by atoms with Gasteiger partial charge in [0.25, 0.3) is 5.91 Å². The van der Waals surface area contributed by atoms with Gasteiger partial charge in [0.15, 0.2) is 4.67 Å². The molecule has 1 aromatic heterocycles. The van der Waals surface area contributed by atoms with Gasteiger partial charge in [-0.1, -0.05) is 28.1 Å². The summed E-state index contributed by atoms with van der Waals surface area (Å²) in [5.41, 5.74) is 1.56. The number of amides is 1. The molecule has 0 spiro atoms. The number of halogens is 2. The summed E-state index contributed by atoms with van der Waals surface area (Å²) >= 11 is 6.55. The number of nitrogens with one attached hydrogen (secondary N) is 1. The third-order valence-corrected chi connectivity index (χ3v) is 3.49. The maximum Gasteiger partial charge on any atom is 0.255 e. The van der Waals surface area contributed by atoms with E-state index in [0.29, 0.717) is 10.2 Å². The van der Waals surface area contributed by atoms with Crippen molar-refractivity contribution in [2.75, 3.05) is 0 Å². The number of carbonyl (C=O) groups excluding carboxylic acids is 1. The van der Waals surface area contributed by atoms with Gasteiger partial charge < -0.3 is 9.73 Å². The van der Waals surface area contributed by atoms with Gasteiger partial charge in [-0.3, -0.25) is 4.79 Å². The lowest BCUT2D eigenvalue weighted by Crippen LogP contribution is -2.26. The van der Waals surface area contributed by atoms with Crippen LogP contribution in [0.3, 0.4) is 0 Å². The summed E-state index contributed by atoms with van der Waals surface area (Å²) in [6, 6.07) is 9.43. The highest BCUT2D eigenvalue weighted by Gasteiger charge is 2.13. The second kappa shape index (κ2) is 5.71. The summed E-state index contributed by atoms with van der Waals surface area (Å²) in [6.45, 7) is 1.94. The molecule has 94 valence electrons. The third kappa shape index (κ3) is 3.23. The molecule has 18 heavy (non-hydrogen) atoms. The van der Waals surface area contributed by atoms with Crippen molar-refractivity contribution in [2.24, 2.45) is 0 Å². The highest BCUT2D eigenvalue weighted by Crippen LogP contribution is 2.18. The van der Waals surface area contributed by atoms with Gasteiger partial charge in [-0.25, -0.2) is 0 Å². The summed E-state index contributed by atoms with van der Waals surface area (Å²) in [6.07, 6.45) is 1.42. The first-order valence-electron chi connectivity index (χ1n) is 5.36. The normalized spacial score (nSPS) is 12.2. The number of furan rings is 1. The number of rotatable bonds is 3. The maximum atomic E-state index is 11.9. The lowest BCUT2D eigenvalue weighted by molar-refractivity contribution is 0.0939. The van der Waals surface area contributed by atoms with E-state index in [1.807, 2.05) is 31.2 Å². The van der Waals surface area contributed by atoms with E-state index in [2.05, 4.69) is 37.2 Å². The predicted molar refractivity (Wildman–Crippen MR) is 76.4 cm³/mol. The highest BCUT2D eigenvalue weighted by atomic mass is 79.9. The van der Waals surface area contributed by atoms with E-state index in [0.717, 1.165) is 10.0 Å². The largest absolute Gasteiger partial charge is 0.457 e. The smallest absolute Gasteiger partial charge is 0.255 e. The van der Waals surface area contributed by atoms with Gasteiger partial charge in [-0.05, 0) is 40.5 Å². The zero-order chi connectivity index (χ0) is 13.1.